The molecule has 3 nitrogen and oxygen atoms in total. The Morgan fingerprint density at radius 3 is 2.36 bits per heavy atom. The van der Waals surface area contributed by atoms with Crippen molar-refractivity contribution in [3.8, 4) is 5.75 Å². The molecule has 3 heteroatoms. The minimum Gasteiger partial charge on any atom is -0.507 e. The van der Waals surface area contributed by atoms with E-state index in [4.69, 9.17) is 5.84 Å². The number of aryl methyl sites for hydroxylation is 1. The van der Waals surface area contributed by atoms with Crippen LogP contribution >= 0.6 is 0 Å². The van der Waals surface area contributed by atoms with Crippen LogP contribution in [0.15, 0.2) is 12.1 Å². The van der Waals surface area contributed by atoms with Crippen LogP contribution in [0.2, 0.25) is 0 Å². The van der Waals surface area contributed by atoms with Crippen molar-refractivity contribution in [2.24, 2.45) is 5.84 Å². The van der Waals surface area contributed by atoms with Gasteiger partial charge in [0.25, 0.3) is 0 Å². The number of hydrogen-bond donors (Lipinski definition) is 2. The number of aromatic hydroxyl groups is 1. The quantitative estimate of drug-likeness (QED) is 0.560. The van der Waals surface area contributed by atoms with Crippen LogP contribution in [0.3, 0.4) is 0 Å². The van der Waals surface area contributed by atoms with Crippen molar-refractivity contribution in [1.29, 1.82) is 0 Å². The molecule has 78 valence electrons. The lowest BCUT2D eigenvalue weighted by Gasteiger charge is -2.17. The van der Waals surface area contributed by atoms with Gasteiger partial charge < -0.3 is 10.1 Å². The average molecular weight is 194 g/mol. The molecule has 0 fully saturated rings. The first-order valence-electron chi connectivity index (χ1n) is 4.75. The van der Waals surface area contributed by atoms with Gasteiger partial charge in [0.1, 0.15) is 5.75 Å². The molecule has 0 saturated heterocycles. The highest BCUT2D eigenvalue weighted by Gasteiger charge is 2.10. The Bertz CT molecular complexity index is 332. The molecule has 0 unspecified atom stereocenters. The summed E-state index contributed by atoms with van der Waals surface area (Å²) in [7, 11) is 1.79. The smallest absolute Gasteiger partial charge is 0.122 e. The first-order chi connectivity index (χ1) is 6.43. The van der Waals surface area contributed by atoms with Gasteiger partial charge in [-0.05, 0) is 36.1 Å². The van der Waals surface area contributed by atoms with Crippen LogP contribution in [0.1, 0.15) is 30.9 Å². The van der Waals surface area contributed by atoms with E-state index < -0.39 is 0 Å². The van der Waals surface area contributed by atoms with E-state index in [0.29, 0.717) is 11.7 Å². The molecular weight excluding hydrogens is 176 g/mol. The molecule has 1 aromatic carbocycles. The van der Waals surface area contributed by atoms with E-state index in [1.165, 1.54) is 0 Å². The third-order valence-electron chi connectivity index (χ3n) is 2.34. The van der Waals surface area contributed by atoms with Crippen molar-refractivity contribution < 1.29 is 5.11 Å². The normalized spacial score (nSPS) is 10.7. The van der Waals surface area contributed by atoms with Gasteiger partial charge in [0.2, 0.25) is 0 Å². The molecule has 0 atom stereocenters. The molecule has 0 aliphatic rings. The third kappa shape index (κ3) is 1.99. The van der Waals surface area contributed by atoms with Crippen LogP contribution in [-0.4, -0.2) is 12.2 Å². The first-order valence-corrected chi connectivity index (χ1v) is 4.75. The molecule has 0 amide bonds. The second kappa shape index (κ2) is 3.88. The number of hydrogen-bond acceptors (Lipinski definition) is 3. The molecule has 1 aromatic rings. The zero-order valence-corrected chi connectivity index (χ0v) is 9.20. The molecule has 0 spiro atoms. The van der Waals surface area contributed by atoms with Crippen molar-refractivity contribution in [2.75, 3.05) is 12.1 Å². The molecular formula is C11H18N2O. The summed E-state index contributed by atoms with van der Waals surface area (Å²) in [5.41, 5.74) is 2.73. The standard InChI is InChI=1S/C11H18N2O/c1-7(2)10-6-9(13(4)12)5-8(3)11(10)14/h5-7,14H,12H2,1-4H3. The van der Waals surface area contributed by atoms with Gasteiger partial charge in [-0.2, -0.15) is 0 Å². The molecule has 1 rings (SSSR count). The maximum atomic E-state index is 9.81. The Morgan fingerprint density at radius 2 is 1.93 bits per heavy atom. The molecule has 0 radical (unpaired) electrons. The molecule has 0 heterocycles. The lowest BCUT2D eigenvalue weighted by molar-refractivity contribution is 0.460. The highest BCUT2D eigenvalue weighted by atomic mass is 16.3. The van der Waals surface area contributed by atoms with Crippen LogP contribution in [0.25, 0.3) is 0 Å². The SMILES string of the molecule is Cc1cc(N(C)N)cc(C(C)C)c1O. The van der Waals surface area contributed by atoms with E-state index in [2.05, 4.69) is 13.8 Å². The summed E-state index contributed by atoms with van der Waals surface area (Å²) < 4.78 is 0. The predicted octanol–water partition coefficient (Wildman–Crippen LogP) is 2.13. The number of phenols is 1. The Balaban J connectivity index is 3.28. The van der Waals surface area contributed by atoms with Gasteiger partial charge >= 0.3 is 0 Å². The lowest BCUT2D eigenvalue weighted by atomic mass is 9.98. The van der Waals surface area contributed by atoms with Crippen molar-refractivity contribution in [2.45, 2.75) is 26.7 Å². The van der Waals surface area contributed by atoms with Gasteiger partial charge in [0, 0.05) is 7.05 Å². The maximum absolute atomic E-state index is 9.81. The Labute approximate surface area is 85.1 Å². The molecule has 0 aromatic heterocycles. The summed E-state index contributed by atoms with van der Waals surface area (Å²) in [6.07, 6.45) is 0. The predicted molar refractivity (Wildman–Crippen MR) is 59.5 cm³/mol. The molecule has 3 N–H and O–H groups in total. The van der Waals surface area contributed by atoms with Gasteiger partial charge in [-0.3, -0.25) is 0 Å². The van der Waals surface area contributed by atoms with E-state index in [1.54, 1.807) is 12.1 Å². The fraction of sp³-hybridized carbons (Fsp3) is 0.455. The first kappa shape index (κ1) is 10.9. The lowest BCUT2D eigenvalue weighted by Crippen LogP contribution is -2.25. The number of anilines is 1. The number of nitrogens with two attached hydrogens (primary N) is 1. The van der Waals surface area contributed by atoms with Crippen molar-refractivity contribution in [3.05, 3.63) is 23.3 Å². The maximum Gasteiger partial charge on any atom is 0.122 e. The van der Waals surface area contributed by atoms with E-state index >= 15 is 0 Å². The average Bonchev–Trinajstić information content (AvgIpc) is 2.08. The third-order valence-corrected chi connectivity index (χ3v) is 2.34. The van der Waals surface area contributed by atoms with E-state index in [-0.39, 0.29) is 0 Å². The second-order valence-electron chi connectivity index (χ2n) is 3.97. The highest BCUT2D eigenvalue weighted by molar-refractivity contribution is 5.56. The largest absolute Gasteiger partial charge is 0.507 e. The van der Waals surface area contributed by atoms with Gasteiger partial charge in [-0.1, -0.05) is 13.8 Å². The van der Waals surface area contributed by atoms with Crippen molar-refractivity contribution in [1.82, 2.24) is 0 Å². The van der Waals surface area contributed by atoms with Crippen LogP contribution < -0.4 is 10.9 Å². The van der Waals surface area contributed by atoms with Crippen LogP contribution in [-0.2, 0) is 0 Å². The van der Waals surface area contributed by atoms with Gasteiger partial charge in [0.05, 0.1) is 5.69 Å². The van der Waals surface area contributed by atoms with E-state index in [1.807, 2.05) is 19.1 Å². The van der Waals surface area contributed by atoms with Gasteiger partial charge in [0.15, 0.2) is 0 Å². The number of nitrogens with zero attached hydrogens (tertiary/aromatic N) is 1. The summed E-state index contributed by atoms with van der Waals surface area (Å²) in [5.74, 6) is 6.33. The highest BCUT2D eigenvalue weighted by Crippen LogP contribution is 2.32. The minimum atomic E-state index is 0.300. The van der Waals surface area contributed by atoms with Crippen molar-refractivity contribution in [3.63, 3.8) is 0 Å². The Hall–Kier alpha value is -1.22. The van der Waals surface area contributed by atoms with Crippen LogP contribution in [0, 0.1) is 6.92 Å². The van der Waals surface area contributed by atoms with Gasteiger partial charge in [-0.25, -0.2) is 5.84 Å². The van der Waals surface area contributed by atoms with Crippen molar-refractivity contribution >= 4 is 5.69 Å². The topological polar surface area (TPSA) is 49.5 Å². The number of rotatable bonds is 2. The fourth-order valence-corrected chi connectivity index (χ4v) is 1.43. The van der Waals surface area contributed by atoms with E-state index in [0.717, 1.165) is 16.8 Å². The number of phenolic OH excluding ortho intramolecular Hbond substituents is 1. The summed E-state index contributed by atoms with van der Waals surface area (Å²) >= 11 is 0. The Kier molecular flexibility index (Phi) is 3.01. The fourth-order valence-electron chi connectivity index (χ4n) is 1.43. The monoisotopic (exact) mass is 194 g/mol. The summed E-state index contributed by atoms with van der Waals surface area (Å²) in [6.45, 7) is 5.98. The zero-order valence-electron chi connectivity index (χ0n) is 9.20. The van der Waals surface area contributed by atoms with Crippen LogP contribution in [0.5, 0.6) is 5.75 Å². The van der Waals surface area contributed by atoms with Gasteiger partial charge in [-0.15, -0.1) is 0 Å². The van der Waals surface area contributed by atoms with Crippen LogP contribution in [0.4, 0.5) is 5.69 Å². The summed E-state index contributed by atoms with van der Waals surface area (Å²) in [5, 5.41) is 11.4. The zero-order chi connectivity index (χ0) is 10.9. The number of benzene rings is 1. The molecule has 0 aliphatic carbocycles. The van der Waals surface area contributed by atoms with E-state index in [9.17, 15) is 5.11 Å². The Morgan fingerprint density at radius 1 is 1.36 bits per heavy atom. The molecule has 14 heavy (non-hydrogen) atoms. The molecule has 0 aliphatic heterocycles. The minimum absolute atomic E-state index is 0.300. The molecule has 0 saturated carbocycles. The second-order valence-corrected chi connectivity index (χ2v) is 3.97. The summed E-state index contributed by atoms with van der Waals surface area (Å²) in [4.78, 5) is 0. The summed E-state index contributed by atoms with van der Waals surface area (Å²) in [6, 6.07) is 3.80. The number of hydrazine groups is 1. The molecule has 0 bridgehead atoms.